The van der Waals surface area contributed by atoms with Gasteiger partial charge >= 0.3 is 0 Å². The van der Waals surface area contributed by atoms with Gasteiger partial charge in [-0.05, 0) is 30.7 Å². The molecule has 0 aliphatic carbocycles. The molecule has 0 unspecified atom stereocenters. The zero-order valence-electron chi connectivity index (χ0n) is 11.0. The van der Waals surface area contributed by atoms with Crippen LogP contribution in [0.2, 0.25) is 0 Å². The maximum atomic E-state index is 11.8. The van der Waals surface area contributed by atoms with Crippen molar-refractivity contribution < 1.29 is 17.9 Å². The van der Waals surface area contributed by atoms with Crippen molar-refractivity contribution >= 4 is 15.9 Å². The molecule has 0 bridgehead atoms. The number of ether oxygens (including phenoxy) is 1. The van der Waals surface area contributed by atoms with E-state index in [1.807, 2.05) is 6.92 Å². The van der Waals surface area contributed by atoms with E-state index in [-0.39, 0.29) is 17.4 Å². The van der Waals surface area contributed by atoms with E-state index in [2.05, 4.69) is 10.0 Å². The Bertz CT molecular complexity index is 511. The van der Waals surface area contributed by atoms with Gasteiger partial charge in [0.2, 0.25) is 10.0 Å². The van der Waals surface area contributed by atoms with Crippen LogP contribution in [0.15, 0.2) is 29.2 Å². The van der Waals surface area contributed by atoms with Gasteiger partial charge in [0.25, 0.3) is 5.91 Å². The summed E-state index contributed by atoms with van der Waals surface area (Å²) in [5.74, 6) is 0.194. The van der Waals surface area contributed by atoms with Crippen molar-refractivity contribution in [3.63, 3.8) is 0 Å². The molecule has 7 heteroatoms. The third-order valence-electron chi connectivity index (χ3n) is 2.32. The molecule has 1 rings (SSSR count). The largest absolute Gasteiger partial charge is 0.484 e. The second kappa shape index (κ2) is 7.10. The minimum absolute atomic E-state index is 0.101. The molecule has 0 radical (unpaired) electrons. The Morgan fingerprint density at radius 2 is 1.89 bits per heavy atom. The Labute approximate surface area is 113 Å². The van der Waals surface area contributed by atoms with E-state index in [0.717, 1.165) is 6.42 Å². The van der Waals surface area contributed by atoms with Crippen LogP contribution in [0.1, 0.15) is 13.3 Å². The fourth-order valence-electron chi connectivity index (χ4n) is 1.26. The standard InChI is InChI=1S/C12H18N2O4S/c1-3-8-14-19(16,17)11-6-4-10(5-7-11)18-9-12(15)13-2/h4-7,14H,3,8-9H2,1-2H3,(H,13,15). The van der Waals surface area contributed by atoms with Gasteiger partial charge in [0, 0.05) is 13.6 Å². The molecule has 0 aliphatic rings. The number of rotatable bonds is 7. The molecular formula is C12H18N2O4S. The zero-order chi connectivity index (χ0) is 14.3. The van der Waals surface area contributed by atoms with E-state index in [9.17, 15) is 13.2 Å². The fraction of sp³-hybridized carbons (Fsp3) is 0.417. The van der Waals surface area contributed by atoms with Crippen LogP contribution in [0.4, 0.5) is 0 Å². The average Bonchev–Trinajstić information content (AvgIpc) is 2.43. The van der Waals surface area contributed by atoms with Crippen molar-refractivity contribution in [2.45, 2.75) is 18.2 Å². The molecule has 19 heavy (non-hydrogen) atoms. The summed E-state index contributed by atoms with van der Waals surface area (Å²) in [6, 6.07) is 5.92. The third kappa shape index (κ3) is 4.88. The van der Waals surface area contributed by atoms with Crippen LogP contribution >= 0.6 is 0 Å². The molecule has 1 amide bonds. The first-order chi connectivity index (χ1) is 8.99. The Morgan fingerprint density at radius 1 is 1.26 bits per heavy atom. The molecular weight excluding hydrogens is 268 g/mol. The first kappa shape index (κ1) is 15.5. The van der Waals surface area contributed by atoms with Crippen molar-refractivity contribution in [3.05, 3.63) is 24.3 Å². The molecule has 2 N–H and O–H groups in total. The summed E-state index contributed by atoms with van der Waals surface area (Å²) < 4.78 is 31.2. The number of hydrogen-bond donors (Lipinski definition) is 2. The summed E-state index contributed by atoms with van der Waals surface area (Å²) in [5.41, 5.74) is 0. The average molecular weight is 286 g/mol. The predicted molar refractivity (Wildman–Crippen MR) is 71.5 cm³/mol. The van der Waals surface area contributed by atoms with Crippen molar-refractivity contribution in [3.8, 4) is 5.75 Å². The van der Waals surface area contributed by atoms with Gasteiger partial charge in [-0.2, -0.15) is 0 Å². The summed E-state index contributed by atoms with van der Waals surface area (Å²) >= 11 is 0. The first-order valence-electron chi connectivity index (χ1n) is 5.92. The van der Waals surface area contributed by atoms with E-state index in [1.165, 1.54) is 31.3 Å². The summed E-state index contributed by atoms with van der Waals surface area (Å²) in [6.07, 6.45) is 0.729. The number of carbonyl (C=O) groups is 1. The molecule has 6 nitrogen and oxygen atoms in total. The highest BCUT2D eigenvalue weighted by atomic mass is 32.2. The van der Waals surface area contributed by atoms with Gasteiger partial charge in [-0.3, -0.25) is 4.79 Å². The van der Waals surface area contributed by atoms with Crippen LogP contribution < -0.4 is 14.8 Å². The van der Waals surface area contributed by atoms with Crippen molar-refractivity contribution in [1.82, 2.24) is 10.0 Å². The van der Waals surface area contributed by atoms with Gasteiger partial charge in [0.05, 0.1) is 4.90 Å². The summed E-state index contributed by atoms with van der Waals surface area (Å²) in [7, 11) is -1.95. The highest BCUT2D eigenvalue weighted by Gasteiger charge is 2.12. The van der Waals surface area contributed by atoms with Crippen LogP contribution in [-0.4, -0.2) is 34.5 Å². The van der Waals surface area contributed by atoms with E-state index in [4.69, 9.17) is 4.74 Å². The number of carbonyl (C=O) groups excluding carboxylic acids is 1. The minimum Gasteiger partial charge on any atom is -0.484 e. The van der Waals surface area contributed by atoms with Crippen LogP contribution in [0.3, 0.4) is 0 Å². The number of sulfonamides is 1. The molecule has 1 aromatic carbocycles. The van der Waals surface area contributed by atoms with Gasteiger partial charge in [-0.25, -0.2) is 13.1 Å². The molecule has 0 aromatic heterocycles. The highest BCUT2D eigenvalue weighted by molar-refractivity contribution is 7.89. The Balaban J connectivity index is 2.68. The second-order valence-corrected chi connectivity index (χ2v) is 5.60. The molecule has 0 heterocycles. The number of benzene rings is 1. The molecule has 106 valence electrons. The lowest BCUT2D eigenvalue weighted by molar-refractivity contribution is -0.122. The minimum atomic E-state index is -3.46. The summed E-state index contributed by atoms with van der Waals surface area (Å²) in [4.78, 5) is 11.2. The normalized spacial score (nSPS) is 11.1. The topological polar surface area (TPSA) is 84.5 Å². The van der Waals surface area contributed by atoms with Gasteiger partial charge in [-0.15, -0.1) is 0 Å². The summed E-state index contributed by atoms with van der Waals surface area (Å²) in [6.45, 7) is 2.19. The molecule has 0 atom stereocenters. The smallest absolute Gasteiger partial charge is 0.257 e. The summed E-state index contributed by atoms with van der Waals surface area (Å²) in [5, 5.41) is 2.42. The van der Waals surface area contributed by atoms with E-state index in [1.54, 1.807) is 0 Å². The quantitative estimate of drug-likeness (QED) is 0.764. The van der Waals surface area contributed by atoms with Gasteiger partial charge in [-0.1, -0.05) is 6.92 Å². The number of nitrogens with one attached hydrogen (secondary N) is 2. The van der Waals surface area contributed by atoms with Crippen LogP contribution in [-0.2, 0) is 14.8 Å². The molecule has 0 aliphatic heterocycles. The number of likely N-dealkylation sites (N-methyl/N-ethyl adjacent to an activating group) is 1. The molecule has 0 saturated carbocycles. The first-order valence-corrected chi connectivity index (χ1v) is 7.41. The molecule has 0 saturated heterocycles. The van der Waals surface area contributed by atoms with Gasteiger partial charge < -0.3 is 10.1 Å². The van der Waals surface area contributed by atoms with Gasteiger partial charge in [0.15, 0.2) is 6.61 Å². The third-order valence-corrected chi connectivity index (χ3v) is 3.80. The Kier molecular flexibility index (Phi) is 5.78. The maximum Gasteiger partial charge on any atom is 0.257 e. The lowest BCUT2D eigenvalue weighted by Crippen LogP contribution is -2.25. The second-order valence-electron chi connectivity index (χ2n) is 3.83. The Morgan fingerprint density at radius 3 is 2.42 bits per heavy atom. The molecule has 0 fully saturated rings. The van der Waals surface area contributed by atoms with Crippen molar-refractivity contribution in [1.29, 1.82) is 0 Å². The molecule has 0 spiro atoms. The van der Waals surface area contributed by atoms with Crippen molar-refractivity contribution in [2.75, 3.05) is 20.2 Å². The fourth-order valence-corrected chi connectivity index (χ4v) is 2.39. The van der Waals surface area contributed by atoms with Crippen LogP contribution in [0.25, 0.3) is 0 Å². The number of amides is 1. The Hall–Kier alpha value is -1.60. The van der Waals surface area contributed by atoms with Crippen molar-refractivity contribution in [2.24, 2.45) is 0 Å². The van der Waals surface area contributed by atoms with E-state index < -0.39 is 10.0 Å². The predicted octanol–water partition coefficient (Wildman–Crippen LogP) is 0.500. The number of hydrogen-bond acceptors (Lipinski definition) is 4. The molecule has 1 aromatic rings. The monoisotopic (exact) mass is 286 g/mol. The zero-order valence-corrected chi connectivity index (χ0v) is 11.8. The lowest BCUT2D eigenvalue weighted by atomic mass is 10.3. The highest BCUT2D eigenvalue weighted by Crippen LogP contribution is 2.15. The van der Waals surface area contributed by atoms with Gasteiger partial charge in [0.1, 0.15) is 5.75 Å². The van der Waals surface area contributed by atoms with E-state index >= 15 is 0 Å². The lowest BCUT2D eigenvalue weighted by Gasteiger charge is -2.08. The van der Waals surface area contributed by atoms with Crippen LogP contribution in [0.5, 0.6) is 5.75 Å². The SMILES string of the molecule is CCCNS(=O)(=O)c1ccc(OCC(=O)NC)cc1. The maximum absolute atomic E-state index is 11.8. The van der Waals surface area contributed by atoms with E-state index in [0.29, 0.717) is 12.3 Å². The van der Waals surface area contributed by atoms with Crippen LogP contribution in [0, 0.1) is 0 Å².